The molecular weight excluding hydrogens is 252 g/mol. The molecule has 8 nitrogen and oxygen atoms in total. The Balaban J connectivity index is 2.09. The van der Waals surface area contributed by atoms with Gasteiger partial charge in [-0.05, 0) is 6.07 Å². The Morgan fingerprint density at radius 1 is 1.32 bits per heavy atom. The molecule has 1 aromatic rings. The molecule has 2 rings (SSSR count). The molecule has 0 radical (unpaired) electrons. The van der Waals surface area contributed by atoms with Crippen LogP contribution in [0.2, 0.25) is 0 Å². The van der Waals surface area contributed by atoms with Crippen molar-refractivity contribution in [1.29, 1.82) is 0 Å². The summed E-state index contributed by atoms with van der Waals surface area (Å²) in [4.78, 5) is 37.1. The highest BCUT2D eigenvalue weighted by Crippen LogP contribution is 2.09. The van der Waals surface area contributed by atoms with Crippen LogP contribution < -0.4 is 10.7 Å². The van der Waals surface area contributed by atoms with Gasteiger partial charge in [-0.1, -0.05) is 0 Å². The molecule has 0 fully saturated rings. The van der Waals surface area contributed by atoms with Crippen molar-refractivity contribution in [1.82, 2.24) is 10.4 Å². The van der Waals surface area contributed by atoms with Crippen molar-refractivity contribution in [3.05, 3.63) is 24.0 Å². The molecule has 0 bridgehead atoms. The molecule has 2 heterocycles. The van der Waals surface area contributed by atoms with Gasteiger partial charge in [-0.2, -0.15) is 5.10 Å². The van der Waals surface area contributed by atoms with Crippen molar-refractivity contribution in [2.24, 2.45) is 5.10 Å². The van der Waals surface area contributed by atoms with Gasteiger partial charge in [0.2, 0.25) is 5.91 Å². The van der Waals surface area contributed by atoms with E-state index in [0.29, 0.717) is 0 Å². The number of aromatic carboxylic acids is 1. The Hall–Kier alpha value is -2.77. The third kappa shape index (κ3) is 3.12. The molecule has 0 unspecified atom stereocenters. The smallest absolute Gasteiger partial charge is 0.337 e. The van der Waals surface area contributed by atoms with Gasteiger partial charge >= 0.3 is 5.97 Å². The van der Waals surface area contributed by atoms with Crippen LogP contribution in [0, 0.1) is 0 Å². The van der Waals surface area contributed by atoms with Crippen LogP contribution in [0.25, 0.3) is 0 Å². The molecule has 0 saturated heterocycles. The van der Waals surface area contributed by atoms with Crippen LogP contribution in [0.1, 0.15) is 23.2 Å². The maximum Gasteiger partial charge on any atom is 0.337 e. The number of aromatic nitrogens is 1. The first-order chi connectivity index (χ1) is 9.06. The third-order valence-electron chi connectivity index (χ3n) is 2.41. The van der Waals surface area contributed by atoms with Crippen molar-refractivity contribution >= 4 is 29.2 Å². The second kappa shape index (κ2) is 5.25. The van der Waals surface area contributed by atoms with Gasteiger partial charge in [0.25, 0.3) is 5.91 Å². The quantitative estimate of drug-likeness (QED) is 0.707. The minimum absolute atomic E-state index is 0.0308. The maximum atomic E-state index is 11.8. The molecule has 0 spiro atoms. The molecule has 8 heteroatoms. The first-order valence-corrected chi connectivity index (χ1v) is 5.41. The van der Waals surface area contributed by atoms with E-state index in [4.69, 9.17) is 5.11 Å². The van der Waals surface area contributed by atoms with Crippen molar-refractivity contribution in [2.45, 2.75) is 12.8 Å². The van der Waals surface area contributed by atoms with Crippen LogP contribution in [0.4, 0.5) is 5.69 Å². The van der Waals surface area contributed by atoms with E-state index in [-0.39, 0.29) is 35.7 Å². The summed E-state index contributed by atoms with van der Waals surface area (Å²) < 4.78 is 0. The highest BCUT2D eigenvalue weighted by Gasteiger charge is 2.18. The van der Waals surface area contributed by atoms with E-state index in [1.54, 1.807) is 0 Å². The van der Waals surface area contributed by atoms with Crippen LogP contribution in [0.15, 0.2) is 23.6 Å². The van der Waals surface area contributed by atoms with Gasteiger partial charge in [0.15, 0.2) is 0 Å². The molecule has 0 atom stereocenters. The normalized spacial score (nSPS) is 14.3. The van der Waals surface area contributed by atoms with Crippen molar-refractivity contribution < 1.29 is 19.5 Å². The number of nitrogens with one attached hydrogen (secondary N) is 2. The number of carbonyl (C=O) groups excluding carboxylic acids is 2. The van der Waals surface area contributed by atoms with Crippen LogP contribution >= 0.6 is 0 Å². The van der Waals surface area contributed by atoms with Gasteiger partial charge in [0, 0.05) is 19.0 Å². The fourth-order valence-electron chi connectivity index (χ4n) is 1.47. The number of nitrogens with zero attached hydrogens (tertiary/aromatic N) is 2. The van der Waals surface area contributed by atoms with Crippen molar-refractivity contribution in [3.8, 4) is 0 Å². The van der Waals surface area contributed by atoms with Gasteiger partial charge < -0.3 is 10.4 Å². The standard InChI is InChI=1S/C11H10N4O4/c16-9-2-1-8(14-15-9)10(17)13-7-3-6(11(18)19)4-12-5-7/h3-5H,1-2H2,(H,13,17)(H,15,16)(H,18,19). The minimum atomic E-state index is -1.13. The average Bonchev–Trinajstić information content (AvgIpc) is 2.39. The first kappa shape index (κ1) is 12.7. The number of anilines is 1. The zero-order valence-electron chi connectivity index (χ0n) is 9.71. The second-order valence-electron chi connectivity index (χ2n) is 3.82. The van der Waals surface area contributed by atoms with E-state index < -0.39 is 11.9 Å². The van der Waals surface area contributed by atoms with Crippen molar-refractivity contribution in [3.63, 3.8) is 0 Å². The van der Waals surface area contributed by atoms with E-state index in [9.17, 15) is 14.4 Å². The largest absolute Gasteiger partial charge is 0.478 e. The highest BCUT2D eigenvalue weighted by atomic mass is 16.4. The highest BCUT2D eigenvalue weighted by molar-refractivity contribution is 6.43. The number of rotatable bonds is 3. The topological polar surface area (TPSA) is 121 Å². The Kier molecular flexibility index (Phi) is 3.51. The van der Waals surface area contributed by atoms with Crippen LogP contribution in [0.3, 0.4) is 0 Å². The average molecular weight is 262 g/mol. The summed E-state index contributed by atoms with van der Waals surface area (Å²) >= 11 is 0. The third-order valence-corrected chi connectivity index (χ3v) is 2.41. The summed E-state index contributed by atoms with van der Waals surface area (Å²) in [7, 11) is 0. The van der Waals surface area contributed by atoms with Gasteiger partial charge in [-0.15, -0.1) is 0 Å². The van der Waals surface area contributed by atoms with E-state index in [1.165, 1.54) is 18.5 Å². The summed E-state index contributed by atoms with van der Waals surface area (Å²) in [5, 5.41) is 14.9. The Morgan fingerprint density at radius 3 is 2.74 bits per heavy atom. The molecule has 1 aliphatic rings. The van der Waals surface area contributed by atoms with Crippen LogP contribution in [-0.4, -0.2) is 33.6 Å². The van der Waals surface area contributed by atoms with E-state index in [1.807, 2.05) is 0 Å². The molecule has 1 aromatic heterocycles. The monoisotopic (exact) mass is 262 g/mol. The Morgan fingerprint density at radius 2 is 2.11 bits per heavy atom. The van der Waals surface area contributed by atoms with Gasteiger partial charge in [0.1, 0.15) is 5.71 Å². The number of hydrogen-bond acceptors (Lipinski definition) is 5. The number of carboxylic acids is 1. The lowest BCUT2D eigenvalue weighted by atomic mass is 10.1. The van der Waals surface area contributed by atoms with E-state index in [0.717, 1.165) is 0 Å². The fourth-order valence-corrected chi connectivity index (χ4v) is 1.47. The fraction of sp³-hybridized carbons (Fsp3) is 0.182. The summed E-state index contributed by atoms with van der Waals surface area (Å²) in [5.41, 5.74) is 2.61. The molecule has 98 valence electrons. The lowest BCUT2D eigenvalue weighted by molar-refractivity contribution is -0.121. The predicted molar refractivity (Wildman–Crippen MR) is 64.6 cm³/mol. The predicted octanol–water partition coefficient (Wildman–Crippen LogP) is -0.0157. The number of hydrogen-bond donors (Lipinski definition) is 3. The number of carboxylic acid groups (broad SMARTS) is 1. The molecule has 0 saturated carbocycles. The molecule has 0 aromatic carbocycles. The molecule has 1 aliphatic heterocycles. The van der Waals surface area contributed by atoms with E-state index >= 15 is 0 Å². The zero-order valence-corrected chi connectivity index (χ0v) is 9.71. The number of amides is 2. The lowest BCUT2D eigenvalue weighted by Gasteiger charge is -2.11. The maximum absolute atomic E-state index is 11.8. The molecule has 2 amide bonds. The summed E-state index contributed by atoms with van der Waals surface area (Å²) in [6.45, 7) is 0. The second-order valence-corrected chi connectivity index (χ2v) is 3.82. The number of carbonyl (C=O) groups is 3. The SMILES string of the molecule is O=C1CCC(C(=O)Nc2cncc(C(=O)O)c2)=NN1. The lowest BCUT2D eigenvalue weighted by Crippen LogP contribution is -2.32. The van der Waals surface area contributed by atoms with Crippen LogP contribution in [-0.2, 0) is 9.59 Å². The Bertz CT molecular complexity index is 582. The molecular formula is C11H10N4O4. The Labute approximate surface area is 107 Å². The first-order valence-electron chi connectivity index (χ1n) is 5.41. The summed E-state index contributed by atoms with van der Waals surface area (Å²) in [6, 6.07) is 1.29. The molecule has 19 heavy (non-hydrogen) atoms. The number of hydrazone groups is 1. The summed E-state index contributed by atoms with van der Waals surface area (Å²) in [6.07, 6.45) is 2.94. The van der Waals surface area contributed by atoms with E-state index in [2.05, 4.69) is 20.8 Å². The zero-order chi connectivity index (χ0) is 13.8. The molecule has 3 N–H and O–H groups in total. The number of pyridine rings is 1. The van der Waals surface area contributed by atoms with Crippen molar-refractivity contribution in [2.75, 3.05) is 5.32 Å². The van der Waals surface area contributed by atoms with Gasteiger partial charge in [-0.3, -0.25) is 14.6 Å². The minimum Gasteiger partial charge on any atom is -0.478 e. The van der Waals surface area contributed by atoms with Gasteiger partial charge in [-0.25, -0.2) is 10.2 Å². The summed E-state index contributed by atoms with van der Waals surface area (Å²) in [5.74, 6) is -1.87. The van der Waals surface area contributed by atoms with Crippen LogP contribution in [0.5, 0.6) is 0 Å². The van der Waals surface area contributed by atoms with Gasteiger partial charge in [0.05, 0.1) is 17.4 Å². The molecule has 0 aliphatic carbocycles.